The maximum atomic E-state index is 14.4. The minimum absolute atomic E-state index is 0.465. The topological polar surface area (TPSA) is 6.48 Å². The number of piperidine rings is 1. The molecule has 2 nitrogen and oxygen atoms in total. The highest BCUT2D eigenvalue weighted by atomic mass is 19.1. The number of rotatable bonds is 3. The second-order valence-electron chi connectivity index (χ2n) is 5.06. The number of halogens is 1. The third-order valence-electron chi connectivity index (χ3n) is 2.89. The van der Waals surface area contributed by atoms with E-state index in [1.54, 1.807) is 0 Å². The first-order chi connectivity index (χ1) is 6.43. The minimum atomic E-state index is -0.994. The fraction of sp³-hybridized carbons (Fsp3) is 1.00. The fourth-order valence-electron chi connectivity index (χ4n) is 2.26. The molecule has 1 aliphatic rings. The van der Waals surface area contributed by atoms with E-state index in [0.717, 1.165) is 13.0 Å². The highest BCUT2D eigenvalue weighted by molar-refractivity contribution is 4.90. The van der Waals surface area contributed by atoms with Crippen LogP contribution >= 0.6 is 0 Å². The molecule has 0 aromatic rings. The second kappa shape index (κ2) is 4.58. The molecule has 0 bridgehead atoms. The van der Waals surface area contributed by atoms with Gasteiger partial charge in [-0.3, -0.25) is 4.90 Å². The standard InChI is InChI=1S/C11H23FN2/c1-10(2)14-7-5-6-11(12,9-14)8-13(3)4/h10H,5-9H2,1-4H3/t11-/m1/s1. The SMILES string of the molecule is CC(C)N1CCC[C@@](F)(CN(C)C)C1. The van der Waals surface area contributed by atoms with E-state index in [1.807, 2.05) is 19.0 Å². The molecule has 1 fully saturated rings. The van der Waals surface area contributed by atoms with Gasteiger partial charge in [-0.1, -0.05) is 0 Å². The maximum absolute atomic E-state index is 14.4. The lowest BCUT2D eigenvalue weighted by Crippen LogP contribution is -2.52. The first-order valence-corrected chi connectivity index (χ1v) is 5.51. The molecule has 1 heterocycles. The van der Waals surface area contributed by atoms with E-state index in [2.05, 4.69) is 18.7 Å². The Hall–Kier alpha value is -0.150. The van der Waals surface area contributed by atoms with Gasteiger partial charge in [-0.25, -0.2) is 4.39 Å². The molecule has 0 radical (unpaired) electrons. The molecular formula is C11H23FN2. The van der Waals surface area contributed by atoms with Crippen molar-refractivity contribution in [1.82, 2.24) is 9.80 Å². The predicted octanol–water partition coefficient (Wildman–Crippen LogP) is 1.76. The third-order valence-corrected chi connectivity index (χ3v) is 2.89. The normalized spacial score (nSPS) is 30.2. The summed E-state index contributed by atoms with van der Waals surface area (Å²) in [7, 11) is 3.88. The summed E-state index contributed by atoms with van der Waals surface area (Å²) in [4.78, 5) is 4.19. The van der Waals surface area contributed by atoms with Crippen LogP contribution in [0.5, 0.6) is 0 Å². The van der Waals surface area contributed by atoms with Crippen LogP contribution in [0.4, 0.5) is 4.39 Å². The summed E-state index contributed by atoms with van der Waals surface area (Å²) >= 11 is 0. The number of hydrogen-bond donors (Lipinski definition) is 0. The van der Waals surface area contributed by atoms with Gasteiger partial charge in [0.05, 0.1) is 0 Å². The van der Waals surface area contributed by atoms with E-state index in [9.17, 15) is 4.39 Å². The van der Waals surface area contributed by atoms with Gasteiger partial charge in [0.2, 0.25) is 0 Å². The Labute approximate surface area is 87.1 Å². The average molecular weight is 202 g/mol. The summed E-state index contributed by atoms with van der Waals surface area (Å²) in [6, 6.07) is 0.465. The van der Waals surface area contributed by atoms with Gasteiger partial charge in [0.25, 0.3) is 0 Å². The van der Waals surface area contributed by atoms with Crippen molar-refractivity contribution in [2.75, 3.05) is 33.7 Å². The molecule has 0 spiro atoms. The van der Waals surface area contributed by atoms with Crippen LogP contribution in [0.1, 0.15) is 26.7 Å². The first-order valence-electron chi connectivity index (χ1n) is 5.51. The monoisotopic (exact) mass is 202 g/mol. The van der Waals surface area contributed by atoms with E-state index in [1.165, 1.54) is 0 Å². The minimum Gasteiger partial charge on any atom is -0.306 e. The summed E-state index contributed by atoms with van der Waals surface area (Å²) in [5.74, 6) is 0. The molecule has 0 amide bonds. The second-order valence-corrected chi connectivity index (χ2v) is 5.06. The summed E-state index contributed by atoms with van der Waals surface area (Å²) in [6.07, 6.45) is 1.71. The van der Waals surface area contributed by atoms with Crippen molar-refractivity contribution in [3.05, 3.63) is 0 Å². The van der Waals surface area contributed by atoms with Crippen molar-refractivity contribution in [3.63, 3.8) is 0 Å². The third kappa shape index (κ3) is 3.21. The smallest absolute Gasteiger partial charge is 0.136 e. The van der Waals surface area contributed by atoms with E-state index in [-0.39, 0.29) is 0 Å². The van der Waals surface area contributed by atoms with E-state index in [4.69, 9.17) is 0 Å². The largest absolute Gasteiger partial charge is 0.306 e. The van der Waals surface area contributed by atoms with Crippen LogP contribution in [-0.2, 0) is 0 Å². The zero-order valence-corrected chi connectivity index (χ0v) is 9.89. The van der Waals surface area contributed by atoms with Crippen LogP contribution in [0.2, 0.25) is 0 Å². The number of likely N-dealkylation sites (tertiary alicyclic amines) is 1. The van der Waals surface area contributed by atoms with Crippen molar-refractivity contribution in [1.29, 1.82) is 0 Å². The van der Waals surface area contributed by atoms with Gasteiger partial charge in [-0.2, -0.15) is 0 Å². The zero-order valence-electron chi connectivity index (χ0n) is 9.89. The van der Waals surface area contributed by atoms with E-state index < -0.39 is 5.67 Å². The lowest BCUT2D eigenvalue weighted by molar-refractivity contribution is 0.0122. The molecular weight excluding hydrogens is 179 g/mol. The molecule has 84 valence electrons. The first kappa shape index (κ1) is 11.9. The Bertz CT molecular complexity index is 182. The summed E-state index contributed by atoms with van der Waals surface area (Å²) in [6.45, 7) is 6.48. The molecule has 0 aliphatic carbocycles. The molecule has 0 aromatic carbocycles. The molecule has 3 heteroatoms. The van der Waals surface area contributed by atoms with Crippen molar-refractivity contribution in [3.8, 4) is 0 Å². The lowest BCUT2D eigenvalue weighted by atomic mass is 9.93. The van der Waals surface area contributed by atoms with Gasteiger partial charge < -0.3 is 4.90 Å². The van der Waals surface area contributed by atoms with E-state index in [0.29, 0.717) is 25.6 Å². The van der Waals surface area contributed by atoms with Gasteiger partial charge in [0, 0.05) is 19.1 Å². The summed E-state index contributed by atoms with van der Waals surface area (Å²) < 4.78 is 14.4. The zero-order chi connectivity index (χ0) is 10.8. The van der Waals surface area contributed by atoms with Crippen LogP contribution in [0.3, 0.4) is 0 Å². The number of nitrogens with zero attached hydrogens (tertiary/aromatic N) is 2. The summed E-state index contributed by atoms with van der Waals surface area (Å²) in [5.41, 5.74) is -0.994. The molecule has 14 heavy (non-hydrogen) atoms. The fourth-order valence-corrected chi connectivity index (χ4v) is 2.26. The molecule has 0 saturated carbocycles. The molecule has 0 N–H and O–H groups in total. The maximum Gasteiger partial charge on any atom is 0.136 e. The number of alkyl halides is 1. The van der Waals surface area contributed by atoms with Gasteiger partial charge in [0.15, 0.2) is 0 Å². The molecule has 0 unspecified atom stereocenters. The van der Waals surface area contributed by atoms with E-state index >= 15 is 0 Å². The average Bonchev–Trinajstić information content (AvgIpc) is 2.01. The summed E-state index contributed by atoms with van der Waals surface area (Å²) in [5, 5.41) is 0. The predicted molar refractivity (Wildman–Crippen MR) is 58.3 cm³/mol. The Morgan fingerprint density at radius 2 is 2.07 bits per heavy atom. The number of hydrogen-bond acceptors (Lipinski definition) is 2. The Balaban J connectivity index is 2.53. The molecule has 1 aliphatic heterocycles. The van der Waals surface area contributed by atoms with Gasteiger partial charge >= 0.3 is 0 Å². The highest BCUT2D eigenvalue weighted by Crippen LogP contribution is 2.26. The van der Waals surface area contributed by atoms with Crippen LogP contribution in [0.15, 0.2) is 0 Å². The quantitative estimate of drug-likeness (QED) is 0.688. The van der Waals surface area contributed by atoms with Crippen LogP contribution < -0.4 is 0 Å². The van der Waals surface area contributed by atoms with Crippen molar-refractivity contribution in [2.45, 2.75) is 38.4 Å². The van der Waals surface area contributed by atoms with Gasteiger partial charge in [0.1, 0.15) is 5.67 Å². The molecule has 0 aromatic heterocycles. The molecule has 1 rings (SSSR count). The Morgan fingerprint density at radius 3 is 2.57 bits per heavy atom. The van der Waals surface area contributed by atoms with Gasteiger partial charge in [-0.05, 0) is 47.3 Å². The molecule has 1 saturated heterocycles. The van der Waals surface area contributed by atoms with Crippen LogP contribution in [0.25, 0.3) is 0 Å². The van der Waals surface area contributed by atoms with Gasteiger partial charge in [-0.15, -0.1) is 0 Å². The highest BCUT2D eigenvalue weighted by Gasteiger charge is 2.36. The van der Waals surface area contributed by atoms with Crippen LogP contribution in [-0.4, -0.2) is 55.2 Å². The lowest BCUT2D eigenvalue weighted by Gasteiger charge is -2.40. The Kier molecular flexibility index (Phi) is 3.90. The van der Waals surface area contributed by atoms with Crippen LogP contribution in [0, 0.1) is 0 Å². The van der Waals surface area contributed by atoms with Crippen molar-refractivity contribution < 1.29 is 4.39 Å². The molecule has 1 atom stereocenters. The van der Waals surface area contributed by atoms with Crippen molar-refractivity contribution in [2.24, 2.45) is 0 Å². The Morgan fingerprint density at radius 1 is 1.43 bits per heavy atom. The van der Waals surface area contributed by atoms with Crippen molar-refractivity contribution >= 4 is 0 Å².